The van der Waals surface area contributed by atoms with Gasteiger partial charge in [0.25, 0.3) is 0 Å². The lowest BCUT2D eigenvalue weighted by molar-refractivity contribution is -0.185. The van der Waals surface area contributed by atoms with Crippen LogP contribution in [0.4, 0.5) is 13.2 Å². The Labute approximate surface area is 111 Å². The molecule has 1 saturated heterocycles. The molecule has 19 heavy (non-hydrogen) atoms. The molecule has 0 bridgehead atoms. The predicted molar refractivity (Wildman–Crippen MR) is 65.2 cm³/mol. The molecule has 0 spiro atoms. The monoisotopic (exact) mass is 278 g/mol. The fourth-order valence-electron chi connectivity index (χ4n) is 3.10. The third-order valence-corrected chi connectivity index (χ3v) is 4.52. The molecule has 110 valence electrons. The molecule has 2 fully saturated rings. The third-order valence-electron chi connectivity index (χ3n) is 4.52. The number of carbonyl (C=O) groups excluding carboxylic acids is 1. The topological polar surface area (TPSA) is 46.3 Å². The largest absolute Gasteiger partial charge is 0.391 e. The van der Waals surface area contributed by atoms with Gasteiger partial charge in [-0.15, -0.1) is 0 Å². The van der Waals surface area contributed by atoms with Crippen molar-refractivity contribution in [2.45, 2.75) is 44.8 Å². The number of alkyl halides is 3. The second-order valence-corrected chi connectivity index (χ2v) is 5.97. The number of hydrogen-bond acceptors (Lipinski definition) is 2. The van der Waals surface area contributed by atoms with Crippen LogP contribution < -0.4 is 5.73 Å². The summed E-state index contributed by atoms with van der Waals surface area (Å²) in [6.07, 6.45) is -3.25. The van der Waals surface area contributed by atoms with E-state index in [1.165, 1.54) is 0 Å². The maximum Gasteiger partial charge on any atom is 0.391 e. The van der Waals surface area contributed by atoms with E-state index in [1.807, 2.05) is 6.92 Å². The van der Waals surface area contributed by atoms with E-state index in [1.54, 1.807) is 4.90 Å². The van der Waals surface area contributed by atoms with Gasteiger partial charge in [0.15, 0.2) is 0 Å². The summed E-state index contributed by atoms with van der Waals surface area (Å²) in [6.45, 7) is 3.18. The number of nitrogens with two attached hydrogens (primary N) is 1. The zero-order valence-corrected chi connectivity index (χ0v) is 11.1. The van der Waals surface area contributed by atoms with Gasteiger partial charge in [0, 0.05) is 25.0 Å². The number of amides is 1. The Morgan fingerprint density at radius 1 is 1.16 bits per heavy atom. The summed E-state index contributed by atoms with van der Waals surface area (Å²) >= 11 is 0. The molecule has 2 rings (SSSR count). The Hall–Kier alpha value is -0.780. The fraction of sp³-hybridized carbons (Fsp3) is 0.923. The van der Waals surface area contributed by atoms with Crippen molar-refractivity contribution < 1.29 is 18.0 Å². The normalized spacial score (nSPS) is 36.6. The van der Waals surface area contributed by atoms with Gasteiger partial charge >= 0.3 is 6.18 Å². The number of halogens is 3. The van der Waals surface area contributed by atoms with Crippen molar-refractivity contribution in [1.29, 1.82) is 0 Å². The lowest BCUT2D eigenvalue weighted by Gasteiger charge is -2.31. The van der Waals surface area contributed by atoms with Gasteiger partial charge in [0.1, 0.15) is 0 Å². The van der Waals surface area contributed by atoms with Crippen LogP contribution in [0.1, 0.15) is 32.6 Å². The lowest BCUT2D eigenvalue weighted by Crippen LogP contribution is -2.39. The van der Waals surface area contributed by atoms with E-state index in [9.17, 15) is 18.0 Å². The van der Waals surface area contributed by atoms with Crippen molar-refractivity contribution in [1.82, 2.24) is 4.90 Å². The molecule has 2 atom stereocenters. The second kappa shape index (κ2) is 5.31. The first-order valence-corrected chi connectivity index (χ1v) is 6.90. The van der Waals surface area contributed by atoms with E-state index in [2.05, 4.69) is 0 Å². The summed E-state index contributed by atoms with van der Waals surface area (Å²) in [5.74, 6) is -1.19. The van der Waals surface area contributed by atoms with Crippen molar-refractivity contribution in [2.75, 3.05) is 13.1 Å². The van der Waals surface area contributed by atoms with Crippen molar-refractivity contribution in [2.24, 2.45) is 23.5 Å². The molecule has 6 heteroatoms. The molecule has 2 unspecified atom stereocenters. The summed E-state index contributed by atoms with van der Waals surface area (Å²) in [5.41, 5.74) is 5.87. The van der Waals surface area contributed by atoms with Gasteiger partial charge in [-0.1, -0.05) is 6.92 Å². The van der Waals surface area contributed by atoms with Crippen LogP contribution in [0.2, 0.25) is 0 Å². The van der Waals surface area contributed by atoms with Crippen molar-refractivity contribution in [3.8, 4) is 0 Å². The molecule has 1 heterocycles. The van der Waals surface area contributed by atoms with Gasteiger partial charge in [-0.2, -0.15) is 13.2 Å². The molecule has 3 nitrogen and oxygen atoms in total. The second-order valence-electron chi connectivity index (χ2n) is 5.97. The van der Waals surface area contributed by atoms with E-state index in [4.69, 9.17) is 5.73 Å². The molecule has 1 aliphatic carbocycles. The Morgan fingerprint density at radius 3 is 2.16 bits per heavy atom. The minimum atomic E-state index is -4.11. The molecule has 0 aromatic rings. The third kappa shape index (κ3) is 3.22. The maximum absolute atomic E-state index is 12.6. The molecule has 1 saturated carbocycles. The van der Waals surface area contributed by atoms with Crippen LogP contribution in [-0.2, 0) is 4.79 Å². The van der Waals surface area contributed by atoms with E-state index >= 15 is 0 Å². The highest BCUT2D eigenvalue weighted by molar-refractivity contribution is 5.79. The van der Waals surface area contributed by atoms with Gasteiger partial charge in [-0.25, -0.2) is 0 Å². The first-order chi connectivity index (χ1) is 8.79. The van der Waals surface area contributed by atoms with Gasteiger partial charge in [-0.05, 0) is 31.6 Å². The molecule has 0 aromatic heterocycles. The number of rotatable bonds is 1. The van der Waals surface area contributed by atoms with Gasteiger partial charge in [0.2, 0.25) is 5.91 Å². The van der Waals surface area contributed by atoms with Crippen LogP contribution in [0.15, 0.2) is 0 Å². The average molecular weight is 278 g/mol. The van der Waals surface area contributed by atoms with Crippen LogP contribution >= 0.6 is 0 Å². The van der Waals surface area contributed by atoms with Crippen molar-refractivity contribution in [3.63, 3.8) is 0 Å². The SMILES string of the molecule is CC1CN(C(=O)C2CCC(C(F)(F)F)CC2)CC1N. The average Bonchev–Trinajstić information content (AvgIpc) is 2.68. The minimum Gasteiger partial charge on any atom is -0.341 e. The molecule has 1 aliphatic heterocycles. The zero-order chi connectivity index (χ0) is 14.2. The smallest absolute Gasteiger partial charge is 0.341 e. The van der Waals surface area contributed by atoms with Crippen LogP contribution in [0.25, 0.3) is 0 Å². The lowest BCUT2D eigenvalue weighted by atomic mass is 9.81. The highest BCUT2D eigenvalue weighted by Gasteiger charge is 2.43. The van der Waals surface area contributed by atoms with Crippen molar-refractivity contribution in [3.05, 3.63) is 0 Å². The highest BCUT2D eigenvalue weighted by Crippen LogP contribution is 2.40. The summed E-state index contributed by atoms with van der Waals surface area (Å²) in [6, 6.07) is -0.00420. The molecule has 0 aromatic carbocycles. The minimum absolute atomic E-state index is 0.000393. The van der Waals surface area contributed by atoms with Crippen molar-refractivity contribution >= 4 is 5.91 Å². The molecule has 2 aliphatic rings. The van der Waals surface area contributed by atoms with Crippen LogP contribution in [0.3, 0.4) is 0 Å². The van der Waals surface area contributed by atoms with E-state index < -0.39 is 12.1 Å². The Kier molecular flexibility index (Phi) is 4.08. The molecule has 0 radical (unpaired) electrons. The Balaban J connectivity index is 1.86. The molecular formula is C13H21F3N2O. The summed E-state index contributed by atoms with van der Waals surface area (Å²) in [5, 5.41) is 0. The fourth-order valence-corrected chi connectivity index (χ4v) is 3.10. The Bertz CT molecular complexity index is 327. The Morgan fingerprint density at radius 2 is 1.74 bits per heavy atom. The number of likely N-dealkylation sites (tertiary alicyclic amines) is 1. The zero-order valence-electron chi connectivity index (χ0n) is 11.1. The van der Waals surface area contributed by atoms with Crippen LogP contribution in [-0.4, -0.2) is 36.1 Å². The van der Waals surface area contributed by atoms with Crippen LogP contribution in [0, 0.1) is 17.8 Å². The predicted octanol–water partition coefficient (Wildman–Crippen LogP) is 2.16. The van der Waals surface area contributed by atoms with E-state index in [0.29, 0.717) is 25.9 Å². The number of hydrogen-bond donors (Lipinski definition) is 1. The first kappa shape index (κ1) is 14.6. The van der Waals surface area contributed by atoms with E-state index in [0.717, 1.165) is 0 Å². The molecule has 1 amide bonds. The summed E-state index contributed by atoms with van der Waals surface area (Å²) < 4.78 is 37.7. The maximum atomic E-state index is 12.6. The quantitative estimate of drug-likeness (QED) is 0.799. The van der Waals surface area contributed by atoms with Gasteiger partial charge in [0.05, 0.1) is 5.92 Å². The summed E-state index contributed by atoms with van der Waals surface area (Å²) in [4.78, 5) is 14.0. The molecular weight excluding hydrogens is 257 g/mol. The standard InChI is InChI=1S/C13H21F3N2O/c1-8-6-18(7-11(8)17)12(19)9-2-4-10(5-3-9)13(14,15)16/h8-11H,2-7,17H2,1H3. The first-order valence-electron chi connectivity index (χ1n) is 6.90. The highest BCUT2D eigenvalue weighted by atomic mass is 19.4. The van der Waals surface area contributed by atoms with Crippen LogP contribution in [0.5, 0.6) is 0 Å². The summed E-state index contributed by atoms with van der Waals surface area (Å²) in [7, 11) is 0. The van der Waals surface area contributed by atoms with E-state index in [-0.39, 0.29) is 36.6 Å². The molecule has 2 N–H and O–H groups in total. The number of carbonyl (C=O) groups is 1. The van der Waals surface area contributed by atoms with Gasteiger partial charge in [-0.3, -0.25) is 4.79 Å². The van der Waals surface area contributed by atoms with Gasteiger partial charge < -0.3 is 10.6 Å². The number of nitrogens with zero attached hydrogens (tertiary/aromatic N) is 1.